The number of hydrogen-bond acceptors (Lipinski definition) is 5. The van der Waals surface area contributed by atoms with Crippen molar-refractivity contribution in [3.05, 3.63) is 59.1 Å². The Balaban J connectivity index is 1.57. The number of carbonyl (C=O) groups excluding carboxylic acids is 2. The van der Waals surface area contributed by atoms with Gasteiger partial charge in [-0.3, -0.25) is 14.5 Å². The minimum atomic E-state index is -3.89. The summed E-state index contributed by atoms with van der Waals surface area (Å²) in [5.41, 5.74) is 1.54. The maximum Gasteiger partial charge on any atom is 0.241 e. The summed E-state index contributed by atoms with van der Waals surface area (Å²) in [5.74, 6) is -0.511. The Hall–Kier alpha value is -2.46. The van der Waals surface area contributed by atoms with Gasteiger partial charge in [-0.1, -0.05) is 29.8 Å². The highest BCUT2D eigenvalue weighted by atomic mass is 35.5. The number of sulfonamides is 1. The standard InChI is InChI=1S/C23H29ClN4O4S/c1-16(26-33(31,32)20-10-8-19(9-11-20)25-18(3)29)23(30)28-14-12-27(13-15-28)17(2)21-6-4-5-7-22(21)24/h4-11,16-17,26H,12-15H2,1-3H3,(H,25,29)/t16-,17?/m0/s1. The number of rotatable bonds is 7. The number of benzene rings is 2. The van der Waals surface area contributed by atoms with E-state index in [0.717, 1.165) is 10.6 Å². The zero-order valence-corrected chi connectivity index (χ0v) is 20.5. The second-order valence-corrected chi connectivity index (χ2v) is 10.2. The highest BCUT2D eigenvalue weighted by Crippen LogP contribution is 2.28. The van der Waals surface area contributed by atoms with Crippen LogP contribution in [0, 0.1) is 0 Å². The largest absolute Gasteiger partial charge is 0.339 e. The third kappa shape index (κ3) is 6.32. The summed E-state index contributed by atoms with van der Waals surface area (Å²) >= 11 is 6.33. The molecule has 1 aliphatic rings. The average molecular weight is 493 g/mol. The summed E-state index contributed by atoms with van der Waals surface area (Å²) in [7, 11) is -3.89. The average Bonchev–Trinajstić information content (AvgIpc) is 2.78. The first-order valence-corrected chi connectivity index (χ1v) is 12.6. The quantitative estimate of drug-likeness (QED) is 0.619. The van der Waals surface area contributed by atoms with Crippen molar-refractivity contribution < 1.29 is 18.0 Å². The normalized spacial score (nSPS) is 16.8. The van der Waals surface area contributed by atoms with Crippen molar-refractivity contribution in [3.63, 3.8) is 0 Å². The van der Waals surface area contributed by atoms with Crippen LogP contribution in [0.5, 0.6) is 0 Å². The van der Waals surface area contributed by atoms with E-state index in [9.17, 15) is 18.0 Å². The monoisotopic (exact) mass is 492 g/mol. The molecule has 1 fully saturated rings. The van der Waals surface area contributed by atoms with Crippen molar-refractivity contribution in [1.82, 2.24) is 14.5 Å². The molecule has 33 heavy (non-hydrogen) atoms. The molecule has 1 saturated heterocycles. The molecule has 3 rings (SSSR count). The highest BCUT2D eigenvalue weighted by molar-refractivity contribution is 7.89. The predicted octanol–water partition coefficient (Wildman–Crippen LogP) is 2.87. The number of amides is 2. The zero-order valence-electron chi connectivity index (χ0n) is 18.9. The van der Waals surface area contributed by atoms with E-state index in [4.69, 9.17) is 11.6 Å². The smallest absolute Gasteiger partial charge is 0.241 e. The Labute approximate surface area is 200 Å². The molecule has 1 heterocycles. The molecule has 2 aromatic carbocycles. The fraction of sp³-hybridized carbons (Fsp3) is 0.391. The van der Waals surface area contributed by atoms with Crippen molar-refractivity contribution in [2.75, 3.05) is 31.5 Å². The molecule has 8 nitrogen and oxygen atoms in total. The van der Waals surface area contributed by atoms with Crippen LogP contribution in [-0.4, -0.2) is 62.3 Å². The first-order valence-electron chi connectivity index (χ1n) is 10.8. The van der Waals surface area contributed by atoms with Gasteiger partial charge in [-0.15, -0.1) is 0 Å². The molecule has 1 unspecified atom stereocenters. The van der Waals surface area contributed by atoms with Gasteiger partial charge in [0.05, 0.1) is 10.9 Å². The second kappa shape index (κ2) is 10.6. The molecule has 10 heteroatoms. The molecule has 0 spiro atoms. The minimum Gasteiger partial charge on any atom is -0.339 e. The van der Waals surface area contributed by atoms with Gasteiger partial charge in [-0.25, -0.2) is 8.42 Å². The summed E-state index contributed by atoms with van der Waals surface area (Å²) in [4.78, 5) is 28.0. The van der Waals surface area contributed by atoms with E-state index in [1.165, 1.54) is 31.2 Å². The van der Waals surface area contributed by atoms with Gasteiger partial charge in [-0.05, 0) is 49.7 Å². The number of nitrogens with one attached hydrogen (secondary N) is 2. The first kappa shape index (κ1) is 25.2. The summed E-state index contributed by atoms with van der Waals surface area (Å²) in [5, 5.41) is 3.30. The lowest BCUT2D eigenvalue weighted by Gasteiger charge is -2.39. The first-order chi connectivity index (χ1) is 15.6. The molecule has 0 radical (unpaired) electrons. The number of hydrogen-bond donors (Lipinski definition) is 2. The maximum absolute atomic E-state index is 12.9. The Morgan fingerprint density at radius 2 is 1.58 bits per heavy atom. The van der Waals surface area contributed by atoms with Crippen molar-refractivity contribution in [2.24, 2.45) is 0 Å². The van der Waals surface area contributed by atoms with E-state index in [-0.39, 0.29) is 22.8 Å². The molecule has 2 atom stereocenters. The van der Waals surface area contributed by atoms with Crippen LogP contribution in [0.2, 0.25) is 5.02 Å². The van der Waals surface area contributed by atoms with Crippen molar-refractivity contribution in [2.45, 2.75) is 37.8 Å². The fourth-order valence-corrected chi connectivity index (χ4v) is 5.38. The Kier molecular flexibility index (Phi) is 8.12. The number of carbonyl (C=O) groups is 2. The fourth-order valence-electron chi connectivity index (χ4n) is 3.89. The van der Waals surface area contributed by atoms with Crippen LogP contribution in [0.4, 0.5) is 5.69 Å². The van der Waals surface area contributed by atoms with Gasteiger partial charge < -0.3 is 10.2 Å². The van der Waals surface area contributed by atoms with Crippen LogP contribution in [0.3, 0.4) is 0 Å². The maximum atomic E-state index is 12.9. The summed E-state index contributed by atoms with van der Waals surface area (Å²) in [6, 6.07) is 12.7. The number of anilines is 1. The Morgan fingerprint density at radius 1 is 0.970 bits per heavy atom. The van der Waals surface area contributed by atoms with E-state index in [1.807, 2.05) is 24.3 Å². The molecule has 2 amide bonds. The van der Waals surface area contributed by atoms with E-state index < -0.39 is 16.1 Å². The summed E-state index contributed by atoms with van der Waals surface area (Å²) in [6.45, 7) is 7.36. The van der Waals surface area contributed by atoms with E-state index in [1.54, 1.807) is 11.8 Å². The van der Waals surface area contributed by atoms with Gasteiger partial charge in [0.25, 0.3) is 0 Å². The minimum absolute atomic E-state index is 0.0228. The SMILES string of the molecule is CC(=O)Nc1ccc(S(=O)(=O)N[C@@H](C)C(=O)N2CCN(C(C)c3ccccc3Cl)CC2)cc1. The summed E-state index contributed by atoms with van der Waals surface area (Å²) < 4.78 is 27.9. The van der Waals surface area contributed by atoms with Crippen molar-refractivity contribution >= 4 is 39.1 Å². The lowest BCUT2D eigenvalue weighted by Crippen LogP contribution is -2.54. The molecule has 0 aliphatic carbocycles. The van der Waals surface area contributed by atoms with Gasteiger partial charge in [0, 0.05) is 49.9 Å². The highest BCUT2D eigenvalue weighted by Gasteiger charge is 2.30. The van der Waals surface area contributed by atoms with Crippen LogP contribution < -0.4 is 10.0 Å². The molecule has 2 N–H and O–H groups in total. The Morgan fingerprint density at radius 3 is 2.15 bits per heavy atom. The van der Waals surface area contributed by atoms with Crippen LogP contribution >= 0.6 is 11.6 Å². The van der Waals surface area contributed by atoms with Gasteiger partial charge in [0.2, 0.25) is 21.8 Å². The molecule has 178 valence electrons. The molecular weight excluding hydrogens is 464 g/mol. The molecule has 0 bridgehead atoms. The van der Waals surface area contributed by atoms with Crippen molar-refractivity contribution in [1.29, 1.82) is 0 Å². The lowest BCUT2D eigenvalue weighted by atomic mass is 10.1. The molecule has 0 aromatic heterocycles. The van der Waals surface area contributed by atoms with Crippen LogP contribution in [-0.2, 0) is 19.6 Å². The van der Waals surface area contributed by atoms with Gasteiger partial charge in [0.1, 0.15) is 0 Å². The molecular formula is C23H29ClN4O4S. The van der Waals surface area contributed by atoms with E-state index >= 15 is 0 Å². The molecule has 0 saturated carbocycles. The predicted molar refractivity (Wildman–Crippen MR) is 129 cm³/mol. The van der Waals surface area contributed by atoms with Crippen LogP contribution in [0.25, 0.3) is 0 Å². The van der Waals surface area contributed by atoms with Crippen LogP contribution in [0.15, 0.2) is 53.4 Å². The van der Waals surface area contributed by atoms with Gasteiger partial charge in [0.15, 0.2) is 0 Å². The van der Waals surface area contributed by atoms with Crippen LogP contribution in [0.1, 0.15) is 32.4 Å². The van der Waals surface area contributed by atoms with E-state index in [2.05, 4.69) is 21.9 Å². The number of nitrogens with zero attached hydrogens (tertiary/aromatic N) is 2. The third-order valence-corrected chi connectivity index (χ3v) is 7.62. The Bertz CT molecular complexity index is 1100. The lowest BCUT2D eigenvalue weighted by molar-refractivity contribution is -0.134. The third-order valence-electron chi connectivity index (χ3n) is 5.72. The molecule has 2 aromatic rings. The topological polar surface area (TPSA) is 98.8 Å². The van der Waals surface area contributed by atoms with Gasteiger partial charge in [-0.2, -0.15) is 4.72 Å². The number of halogens is 1. The summed E-state index contributed by atoms with van der Waals surface area (Å²) in [6.07, 6.45) is 0. The number of piperazine rings is 1. The van der Waals surface area contributed by atoms with Crippen molar-refractivity contribution in [3.8, 4) is 0 Å². The second-order valence-electron chi connectivity index (χ2n) is 8.11. The van der Waals surface area contributed by atoms with Gasteiger partial charge >= 0.3 is 0 Å². The molecule has 1 aliphatic heterocycles. The zero-order chi connectivity index (χ0) is 24.2. The van der Waals surface area contributed by atoms with E-state index in [0.29, 0.717) is 31.9 Å².